The number of alkyl halides is 2. The lowest BCUT2D eigenvalue weighted by Gasteiger charge is -2.25. The van der Waals surface area contributed by atoms with Crippen molar-refractivity contribution in [3.8, 4) is 5.75 Å². The lowest BCUT2D eigenvalue weighted by atomic mass is 10.1. The zero-order valence-corrected chi connectivity index (χ0v) is 11.4. The Labute approximate surface area is 120 Å². The highest BCUT2D eigenvalue weighted by Gasteiger charge is 2.20. The molecule has 1 N–H and O–H groups in total. The van der Waals surface area contributed by atoms with Gasteiger partial charge in [-0.05, 0) is 37.1 Å². The Bertz CT molecular complexity index is 505. The normalized spacial score (nSPS) is 15.2. The van der Waals surface area contributed by atoms with Crippen molar-refractivity contribution in [2.75, 3.05) is 18.4 Å². The SMILES string of the molecule is O=C(CN1CCCCC1=O)Nc1ccc(OC(F)F)cc1. The molecule has 21 heavy (non-hydrogen) atoms. The second-order valence-corrected chi connectivity index (χ2v) is 4.72. The number of carbonyl (C=O) groups is 2. The maximum atomic E-state index is 12.0. The Morgan fingerprint density at radius 3 is 2.62 bits per heavy atom. The maximum Gasteiger partial charge on any atom is 0.387 e. The first kappa shape index (κ1) is 15.2. The quantitative estimate of drug-likeness (QED) is 0.907. The molecule has 7 heteroatoms. The van der Waals surface area contributed by atoms with E-state index in [2.05, 4.69) is 10.1 Å². The first-order valence-corrected chi connectivity index (χ1v) is 6.67. The summed E-state index contributed by atoms with van der Waals surface area (Å²) in [6, 6.07) is 5.61. The number of rotatable bonds is 5. The molecule has 114 valence electrons. The number of halogens is 2. The predicted molar refractivity (Wildman–Crippen MR) is 72.1 cm³/mol. The van der Waals surface area contributed by atoms with E-state index in [-0.39, 0.29) is 24.1 Å². The molecule has 1 aliphatic heterocycles. The molecule has 1 heterocycles. The van der Waals surface area contributed by atoms with E-state index < -0.39 is 6.61 Å². The van der Waals surface area contributed by atoms with Crippen molar-refractivity contribution in [2.24, 2.45) is 0 Å². The second kappa shape index (κ2) is 7.01. The van der Waals surface area contributed by atoms with Crippen molar-refractivity contribution in [1.82, 2.24) is 4.90 Å². The van der Waals surface area contributed by atoms with Crippen LogP contribution in [0.5, 0.6) is 5.75 Å². The van der Waals surface area contributed by atoms with E-state index >= 15 is 0 Å². The number of hydrogen-bond acceptors (Lipinski definition) is 3. The predicted octanol–water partition coefficient (Wildman–Crippen LogP) is 2.24. The molecule has 1 aromatic rings. The molecule has 5 nitrogen and oxygen atoms in total. The van der Waals surface area contributed by atoms with Crippen LogP contribution in [0.15, 0.2) is 24.3 Å². The average molecular weight is 298 g/mol. The van der Waals surface area contributed by atoms with E-state index in [9.17, 15) is 18.4 Å². The Kier molecular flexibility index (Phi) is 5.08. The van der Waals surface area contributed by atoms with Gasteiger partial charge in [-0.1, -0.05) is 0 Å². The standard InChI is InChI=1S/C14H16F2N2O3/c15-14(16)21-11-6-4-10(5-7-11)17-12(19)9-18-8-2-1-3-13(18)20/h4-7,14H,1-3,8-9H2,(H,17,19). The summed E-state index contributed by atoms with van der Waals surface area (Å²) in [6.07, 6.45) is 2.24. The molecule has 0 spiro atoms. The minimum atomic E-state index is -2.88. The molecule has 0 unspecified atom stereocenters. The molecule has 0 aromatic heterocycles. The number of carbonyl (C=O) groups excluding carboxylic acids is 2. The van der Waals surface area contributed by atoms with Gasteiger partial charge in [0.1, 0.15) is 5.75 Å². The van der Waals surface area contributed by atoms with Gasteiger partial charge in [0.15, 0.2) is 0 Å². The number of benzene rings is 1. The maximum absolute atomic E-state index is 12.0. The number of nitrogens with one attached hydrogen (secondary N) is 1. The highest BCUT2D eigenvalue weighted by molar-refractivity contribution is 5.94. The van der Waals surface area contributed by atoms with Crippen LogP contribution in [0.25, 0.3) is 0 Å². The molecule has 0 saturated carbocycles. The minimum absolute atomic E-state index is 0.00805. The van der Waals surface area contributed by atoms with Crippen LogP contribution >= 0.6 is 0 Å². The van der Waals surface area contributed by atoms with Crippen molar-refractivity contribution in [3.05, 3.63) is 24.3 Å². The lowest BCUT2D eigenvalue weighted by molar-refractivity contribution is -0.136. The molecular weight excluding hydrogens is 282 g/mol. The van der Waals surface area contributed by atoms with E-state index in [1.807, 2.05) is 0 Å². The Balaban J connectivity index is 1.86. The molecule has 1 aliphatic rings. The number of ether oxygens (including phenoxy) is 1. The number of likely N-dealkylation sites (tertiary alicyclic amines) is 1. The first-order valence-electron chi connectivity index (χ1n) is 6.67. The van der Waals surface area contributed by atoms with Gasteiger partial charge in [0, 0.05) is 18.7 Å². The number of amides is 2. The van der Waals surface area contributed by atoms with Crippen LogP contribution in [0.2, 0.25) is 0 Å². The van der Waals surface area contributed by atoms with Crippen molar-refractivity contribution >= 4 is 17.5 Å². The molecule has 2 amide bonds. The van der Waals surface area contributed by atoms with Gasteiger partial charge in [0.2, 0.25) is 11.8 Å². The van der Waals surface area contributed by atoms with Crippen LogP contribution in [0.4, 0.5) is 14.5 Å². The molecule has 1 saturated heterocycles. The van der Waals surface area contributed by atoms with Crippen molar-refractivity contribution in [1.29, 1.82) is 0 Å². The Morgan fingerprint density at radius 1 is 1.29 bits per heavy atom. The molecule has 1 fully saturated rings. The summed E-state index contributed by atoms with van der Waals surface area (Å²) in [5, 5.41) is 2.61. The summed E-state index contributed by atoms with van der Waals surface area (Å²) < 4.78 is 28.2. The summed E-state index contributed by atoms with van der Waals surface area (Å²) in [7, 11) is 0. The van der Waals surface area contributed by atoms with Gasteiger partial charge < -0.3 is 15.0 Å². The molecule has 0 aliphatic carbocycles. The van der Waals surface area contributed by atoms with Crippen LogP contribution in [-0.4, -0.2) is 36.4 Å². The third-order valence-corrected chi connectivity index (χ3v) is 3.12. The van der Waals surface area contributed by atoms with Crippen molar-refractivity contribution in [3.63, 3.8) is 0 Å². The Morgan fingerprint density at radius 2 is 2.00 bits per heavy atom. The van der Waals surface area contributed by atoms with E-state index in [1.165, 1.54) is 29.2 Å². The summed E-state index contributed by atoms with van der Waals surface area (Å²) in [4.78, 5) is 24.9. The summed E-state index contributed by atoms with van der Waals surface area (Å²) in [5.74, 6) is -0.306. The third kappa shape index (κ3) is 4.70. The van der Waals surface area contributed by atoms with Crippen molar-refractivity contribution < 1.29 is 23.1 Å². The van der Waals surface area contributed by atoms with E-state index in [0.717, 1.165) is 12.8 Å². The fraction of sp³-hybridized carbons (Fsp3) is 0.429. The average Bonchev–Trinajstić information content (AvgIpc) is 2.43. The molecule has 2 rings (SSSR count). The van der Waals surface area contributed by atoms with Gasteiger partial charge in [0.25, 0.3) is 0 Å². The number of anilines is 1. The minimum Gasteiger partial charge on any atom is -0.435 e. The molecule has 0 bridgehead atoms. The number of nitrogens with zero attached hydrogens (tertiary/aromatic N) is 1. The van der Waals surface area contributed by atoms with Gasteiger partial charge in [-0.3, -0.25) is 9.59 Å². The fourth-order valence-corrected chi connectivity index (χ4v) is 2.12. The van der Waals surface area contributed by atoms with Crippen LogP contribution in [-0.2, 0) is 9.59 Å². The van der Waals surface area contributed by atoms with Gasteiger partial charge >= 0.3 is 6.61 Å². The smallest absolute Gasteiger partial charge is 0.387 e. The molecule has 0 radical (unpaired) electrons. The van der Waals surface area contributed by atoms with Gasteiger partial charge in [-0.15, -0.1) is 0 Å². The van der Waals surface area contributed by atoms with Crippen LogP contribution < -0.4 is 10.1 Å². The van der Waals surface area contributed by atoms with Crippen LogP contribution in [0.1, 0.15) is 19.3 Å². The first-order chi connectivity index (χ1) is 10.0. The lowest BCUT2D eigenvalue weighted by Crippen LogP contribution is -2.40. The summed E-state index contributed by atoms with van der Waals surface area (Å²) in [6.45, 7) is -2.28. The highest BCUT2D eigenvalue weighted by Crippen LogP contribution is 2.18. The van der Waals surface area contributed by atoms with Crippen molar-refractivity contribution in [2.45, 2.75) is 25.9 Å². The van der Waals surface area contributed by atoms with E-state index in [4.69, 9.17) is 0 Å². The fourth-order valence-electron chi connectivity index (χ4n) is 2.12. The zero-order chi connectivity index (χ0) is 15.2. The van der Waals surface area contributed by atoms with Gasteiger partial charge in [-0.2, -0.15) is 8.78 Å². The zero-order valence-electron chi connectivity index (χ0n) is 11.4. The number of hydrogen-bond donors (Lipinski definition) is 1. The Hall–Kier alpha value is -2.18. The van der Waals surface area contributed by atoms with E-state index in [0.29, 0.717) is 18.7 Å². The van der Waals surface area contributed by atoms with E-state index in [1.54, 1.807) is 0 Å². The van der Waals surface area contributed by atoms with Gasteiger partial charge in [0.05, 0.1) is 6.54 Å². The molecule has 1 aromatic carbocycles. The highest BCUT2D eigenvalue weighted by atomic mass is 19.3. The summed E-state index contributed by atoms with van der Waals surface area (Å²) >= 11 is 0. The van der Waals surface area contributed by atoms with Gasteiger partial charge in [-0.25, -0.2) is 0 Å². The van der Waals surface area contributed by atoms with Crippen LogP contribution in [0.3, 0.4) is 0 Å². The second-order valence-electron chi connectivity index (χ2n) is 4.72. The van der Waals surface area contributed by atoms with Crippen LogP contribution in [0, 0.1) is 0 Å². The topological polar surface area (TPSA) is 58.6 Å². The number of piperidine rings is 1. The third-order valence-electron chi connectivity index (χ3n) is 3.12. The molecular formula is C14H16F2N2O3. The summed E-state index contributed by atoms with van der Waals surface area (Å²) in [5.41, 5.74) is 0.464. The molecule has 0 atom stereocenters. The largest absolute Gasteiger partial charge is 0.435 e. The monoisotopic (exact) mass is 298 g/mol.